The minimum atomic E-state index is -0.573. The van der Waals surface area contributed by atoms with E-state index in [0.717, 1.165) is 56.6 Å². The number of carbonyl (C=O) groups excluding carboxylic acids is 4. The summed E-state index contributed by atoms with van der Waals surface area (Å²) >= 11 is 14.0. The van der Waals surface area contributed by atoms with Crippen molar-refractivity contribution in [2.24, 2.45) is 5.92 Å². The van der Waals surface area contributed by atoms with Gasteiger partial charge in [0.05, 0.1) is 12.6 Å². The number of rotatable bonds is 19. The van der Waals surface area contributed by atoms with Crippen LogP contribution in [0.1, 0.15) is 57.8 Å². The predicted octanol–water partition coefficient (Wildman–Crippen LogP) is 4.57. The van der Waals surface area contributed by atoms with Gasteiger partial charge in [-0.25, -0.2) is 0 Å². The number of allylic oxidation sites excluding steroid dienone is 3. The third-order valence-corrected chi connectivity index (χ3v) is 9.22. The summed E-state index contributed by atoms with van der Waals surface area (Å²) in [4.78, 5) is 55.1. The average Bonchev–Trinajstić information content (AvgIpc) is 3.60. The molecule has 2 rings (SSSR count). The zero-order chi connectivity index (χ0) is 30.5. The summed E-state index contributed by atoms with van der Waals surface area (Å²) in [5.74, 6) is 1.97. The summed E-state index contributed by atoms with van der Waals surface area (Å²) in [5, 5.41) is 3.30. The van der Waals surface area contributed by atoms with Crippen LogP contribution < -0.4 is 5.32 Å². The Bertz CT molecular complexity index is 986. The van der Waals surface area contributed by atoms with Crippen molar-refractivity contribution in [1.29, 1.82) is 0 Å². The lowest BCUT2D eigenvalue weighted by Crippen LogP contribution is -2.48. The molecule has 0 bridgehead atoms. The van der Waals surface area contributed by atoms with Gasteiger partial charge in [-0.15, -0.1) is 0 Å². The Balaban J connectivity index is 1.86. The molecule has 1 N–H and O–H groups in total. The van der Waals surface area contributed by atoms with E-state index in [9.17, 15) is 19.2 Å². The lowest BCUT2D eigenvalue weighted by molar-refractivity contribution is -0.139. The van der Waals surface area contributed by atoms with Gasteiger partial charge in [-0.05, 0) is 82.4 Å². The maximum absolute atomic E-state index is 13.6. The van der Waals surface area contributed by atoms with Crippen LogP contribution >= 0.6 is 35.0 Å². The number of thioether (sulfide) groups is 1. The number of hydrogen-bond acceptors (Lipinski definition) is 6. The molecule has 0 aromatic carbocycles. The molecule has 2 fully saturated rings. The molecule has 1 aliphatic carbocycles. The average molecular weight is 630 g/mol. The number of nitrogens with one attached hydrogen (secondary N) is 1. The SMILES string of the molecule is C=C(Cl)/C=C(/C[C@@H](C(=O)N1CCCC1CSCCCCC(C(=O)NCC=O)N(C)C(=O)CC1CC1)N(C)C)C(=C)Cl. The van der Waals surface area contributed by atoms with Crippen molar-refractivity contribution >= 4 is 59.0 Å². The lowest BCUT2D eigenvalue weighted by Gasteiger charge is -2.32. The predicted molar refractivity (Wildman–Crippen MR) is 169 cm³/mol. The molecule has 11 heteroatoms. The number of carbonyl (C=O) groups is 4. The number of halogens is 2. The lowest BCUT2D eigenvalue weighted by atomic mass is 10.0. The Morgan fingerprint density at radius 2 is 1.80 bits per heavy atom. The molecule has 1 heterocycles. The van der Waals surface area contributed by atoms with Crippen LogP contribution in [0.3, 0.4) is 0 Å². The molecular formula is C30H46Cl2N4O4S. The zero-order valence-electron chi connectivity index (χ0n) is 24.7. The van der Waals surface area contributed by atoms with Crippen LogP contribution in [-0.2, 0) is 19.2 Å². The molecule has 1 saturated heterocycles. The van der Waals surface area contributed by atoms with Gasteiger partial charge in [-0.3, -0.25) is 19.3 Å². The van der Waals surface area contributed by atoms with Crippen LogP contribution in [0.5, 0.6) is 0 Å². The van der Waals surface area contributed by atoms with Gasteiger partial charge in [0.15, 0.2) is 0 Å². The molecule has 1 saturated carbocycles. The van der Waals surface area contributed by atoms with E-state index in [4.69, 9.17) is 23.2 Å². The number of likely N-dealkylation sites (N-methyl/N-ethyl adjacent to an activating group) is 2. The number of unbranched alkanes of at least 4 members (excludes halogenated alkanes) is 1. The van der Waals surface area contributed by atoms with Gasteiger partial charge in [-0.1, -0.05) is 42.8 Å². The summed E-state index contributed by atoms with van der Waals surface area (Å²) in [6.07, 6.45) is 9.50. The Labute approximate surface area is 259 Å². The monoisotopic (exact) mass is 628 g/mol. The van der Waals surface area contributed by atoms with Crippen molar-refractivity contribution in [2.75, 3.05) is 45.7 Å². The summed E-state index contributed by atoms with van der Waals surface area (Å²) in [6.45, 7) is 8.20. The van der Waals surface area contributed by atoms with Gasteiger partial charge in [0.2, 0.25) is 17.7 Å². The maximum Gasteiger partial charge on any atom is 0.243 e. The van der Waals surface area contributed by atoms with Crippen LogP contribution in [-0.4, -0.2) is 103 Å². The summed E-state index contributed by atoms with van der Waals surface area (Å²) < 4.78 is 0. The molecule has 2 aliphatic rings. The van der Waals surface area contributed by atoms with Crippen LogP contribution in [0, 0.1) is 5.92 Å². The highest BCUT2D eigenvalue weighted by molar-refractivity contribution is 7.99. The number of aldehydes is 1. The van der Waals surface area contributed by atoms with Gasteiger partial charge < -0.3 is 19.9 Å². The quantitative estimate of drug-likeness (QED) is 0.128. The van der Waals surface area contributed by atoms with E-state index < -0.39 is 6.04 Å². The van der Waals surface area contributed by atoms with E-state index in [0.29, 0.717) is 47.1 Å². The topological polar surface area (TPSA) is 90.0 Å². The molecule has 2 unspecified atom stereocenters. The highest BCUT2D eigenvalue weighted by Crippen LogP contribution is 2.33. The van der Waals surface area contributed by atoms with Gasteiger partial charge in [0.1, 0.15) is 12.3 Å². The maximum atomic E-state index is 13.6. The molecular weight excluding hydrogens is 583 g/mol. The second-order valence-corrected chi connectivity index (χ2v) is 13.3. The third kappa shape index (κ3) is 12.1. The molecule has 8 nitrogen and oxygen atoms in total. The first-order chi connectivity index (χ1) is 19.5. The molecule has 0 spiro atoms. The molecule has 230 valence electrons. The number of amides is 3. The van der Waals surface area contributed by atoms with Crippen molar-refractivity contribution in [1.82, 2.24) is 20.0 Å². The van der Waals surface area contributed by atoms with Gasteiger partial charge in [0, 0.05) is 41.9 Å². The second kappa shape index (κ2) is 18.0. The van der Waals surface area contributed by atoms with Gasteiger partial charge in [0.25, 0.3) is 0 Å². The smallest absolute Gasteiger partial charge is 0.243 e. The number of nitrogens with zero attached hydrogens (tertiary/aromatic N) is 3. The minimum Gasteiger partial charge on any atom is -0.348 e. The van der Waals surface area contributed by atoms with E-state index in [1.165, 1.54) is 0 Å². The molecule has 3 amide bonds. The molecule has 1 aliphatic heterocycles. The summed E-state index contributed by atoms with van der Waals surface area (Å²) in [5.41, 5.74) is 0.696. The normalized spacial score (nSPS) is 18.6. The molecule has 0 aromatic rings. The van der Waals surface area contributed by atoms with Crippen molar-refractivity contribution in [3.8, 4) is 0 Å². The molecule has 41 heavy (non-hydrogen) atoms. The zero-order valence-corrected chi connectivity index (χ0v) is 27.0. The number of hydrogen-bond donors (Lipinski definition) is 1. The first-order valence-electron chi connectivity index (χ1n) is 14.4. The molecule has 0 radical (unpaired) electrons. The third-order valence-electron chi connectivity index (χ3n) is 7.67. The standard InChI is InChI=1S/C30H46Cl2N4O4S/c1-21(31)17-24(22(2)32)19-27(34(3)4)30(40)36-14-8-9-25(36)20-41-16-7-6-10-26(29(39)33-13-15-37)35(5)28(38)18-23-11-12-23/h15,17,23,25-27H,1-2,6-14,16,18-20H2,3-5H3,(H,33,39)/b24-17-/t25?,26?,27-/m0/s1. The Morgan fingerprint density at radius 1 is 1.10 bits per heavy atom. The van der Waals surface area contributed by atoms with Crippen LogP contribution in [0.15, 0.2) is 34.9 Å². The van der Waals surface area contributed by atoms with Gasteiger partial charge >= 0.3 is 0 Å². The first-order valence-corrected chi connectivity index (χ1v) is 16.3. The second-order valence-electron chi connectivity index (χ2n) is 11.2. The summed E-state index contributed by atoms with van der Waals surface area (Å²) in [6, 6.07) is -0.797. The highest BCUT2D eigenvalue weighted by Gasteiger charge is 2.35. The Morgan fingerprint density at radius 3 is 2.39 bits per heavy atom. The van der Waals surface area contributed by atoms with E-state index in [-0.39, 0.29) is 36.3 Å². The van der Waals surface area contributed by atoms with E-state index in [1.807, 2.05) is 35.7 Å². The van der Waals surface area contributed by atoms with Crippen LogP contribution in [0.2, 0.25) is 0 Å². The fourth-order valence-corrected chi connectivity index (χ4v) is 6.49. The van der Waals surface area contributed by atoms with Crippen LogP contribution in [0.25, 0.3) is 0 Å². The summed E-state index contributed by atoms with van der Waals surface area (Å²) in [7, 11) is 5.46. The van der Waals surface area contributed by atoms with Crippen molar-refractivity contribution in [3.63, 3.8) is 0 Å². The van der Waals surface area contributed by atoms with E-state index in [2.05, 4.69) is 18.5 Å². The van der Waals surface area contributed by atoms with E-state index >= 15 is 0 Å². The fourth-order valence-electron chi connectivity index (χ4n) is 5.04. The number of likely N-dealkylation sites (tertiary alicyclic amines) is 1. The molecule has 3 atom stereocenters. The van der Waals surface area contributed by atoms with E-state index in [1.54, 1.807) is 18.0 Å². The largest absolute Gasteiger partial charge is 0.348 e. The fraction of sp³-hybridized carbons (Fsp3) is 0.667. The van der Waals surface area contributed by atoms with Crippen LogP contribution in [0.4, 0.5) is 0 Å². The highest BCUT2D eigenvalue weighted by atomic mass is 35.5. The Hall–Kier alpha value is -1.81. The van der Waals surface area contributed by atoms with Crippen molar-refractivity contribution < 1.29 is 19.2 Å². The Kier molecular flexibility index (Phi) is 15.5. The van der Waals surface area contributed by atoms with Gasteiger partial charge in [-0.2, -0.15) is 11.8 Å². The first kappa shape index (κ1) is 35.4. The van der Waals surface area contributed by atoms with Crippen molar-refractivity contribution in [2.45, 2.75) is 75.9 Å². The minimum absolute atomic E-state index is 0.0132. The van der Waals surface area contributed by atoms with Crippen molar-refractivity contribution in [3.05, 3.63) is 34.9 Å². The molecule has 0 aromatic heterocycles.